The number of rotatable bonds is 2. The molecule has 0 amide bonds. The summed E-state index contributed by atoms with van der Waals surface area (Å²) in [5, 5.41) is 0. The summed E-state index contributed by atoms with van der Waals surface area (Å²) in [6.07, 6.45) is 1.20. The predicted molar refractivity (Wildman–Crippen MR) is 87.6 cm³/mol. The van der Waals surface area contributed by atoms with Crippen LogP contribution in [-0.2, 0) is 14.3 Å². The maximum atomic E-state index is 12.5. The highest BCUT2D eigenvalue weighted by Gasteiger charge is 2.41. The summed E-state index contributed by atoms with van der Waals surface area (Å²) in [4.78, 5) is 12.5. The number of esters is 1. The summed E-state index contributed by atoms with van der Waals surface area (Å²) < 4.78 is 11.8. The van der Waals surface area contributed by atoms with E-state index in [-0.39, 0.29) is 18.2 Å². The molecule has 0 aromatic heterocycles. The average Bonchev–Trinajstić information content (AvgIpc) is 2.79. The molecule has 0 radical (unpaired) electrons. The molecule has 116 valence electrons. The second kappa shape index (κ2) is 6.01. The van der Waals surface area contributed by atoms with Gasteiger partial charge in [-0.25, -0.2) is 4.79 Å². The number of fused-ring (bicyclic) bond motifs is 1. The van der Waals surface area contributed by atoms with Crippen LogP contribution in [0.3, 0.4) is 0 Å². The van der Waals surface area contributed by atoms with Crippen LogP contribution in [0.15, 0.2) is 66.2 Å². The van der Waals surface area contributed by atoms with Gasteiger partial charge in [-0.3, -0.25) is 0 Å². The molecule has 3 heteroatoms. The maximum absolute atomic E-state index is 12.5. The third-order valence-electron chi connectivity index (χ3n) is 4.46. The molecule has 0 saturated carbocycles. The van der Waals surface area contributed by atoms with Gasteiger partial charge in [-0.15, -0.1) is 0 Å². The predicted octanol–water partition coefficient (Wildman–Crippen LogP) is 3.92. The van der Waals surface area contributed by atoms with Gasteiger partial charge in [-0.2, -0.15) is 0 Å². The second-order valence-electron chi connectivity index (χ2n) is 5.90. The van der Waals surface area contributed by atoms with Gasteiger partial charge in [-0.05, 0) is 29.5 Å². The van der Waals surface area contributed by atoms with E-state index < -0.39 is 0 Å². The van der Waals surface area contributed by atoms with Crippen LogP contribution in [0.2, 0.25) is 0 Å². The highest BCUT2D eigenvalue weighted by molar-refractivity contribution is 6.19. The first-order valence-corrected chi connectivity index (χ1v) is 8.00. The van der Waals surface area contributed by atoms with E-state index in [9.17, 15) is 4.79 Å². The fourth-order valence-corrected chi connectivity index (χ4v) is 3.41. The molecule has 1 fully saturated rings. The maximum Gasteiger partial charge on any atom is 0.339 e. The van der Waals surface area contributed by atoms with Crippen molar-refractivity contribution in [2.45, 2.75) is 25.0 Å². The molecule has 4 rings (SSSR count). The number of hydrogen-bond donors (Lipinski definition) is 0. The number of carbonyl (C=O) groups excluding carboxylic acids is 1. The molecule has 2 atom stereocenters. The van der Waals surface area contributed by atoms with E-state index in [4.69, 9.17) is 9.47 Å². The van der Waals surface area contributed by atoms with Crippen LogP contribution < -0.4 is 0 Å². The summed E-state index contributed by atoms with van der Waals surface area (Å²) in [7, 11) is 0. The van der Waals surface area contributed by atoms with Crippen LogP contribution in [0.5, 0.6) is 0 Å². The van der Waals surface area contributed by atoms with E-state index in [1.54, 1.807) is 0 Å². The summed E-state index contributed by atoms with van der Waals surface area (Å²) in [5.41, 5.74) is 3.79. The standard InChI is InChI=1S/C20H18O3/c21-20-17(14-8-3-1-4-9-14)16-12-7-13-22-18(19(16)23-20)15-10-5-2-6-11-15/h1-6,8-11,18-19H,7,12-13H2. The van der Waals surface area contributed by atoms with Gasteiger partial charge in [0, 0.05) is 6.61 Å². The minimum Gasteiger partial charge on any atom is -0.451 e. The Morgan fingerprint density at radius 1 is 0.870 bits per heavy atom. The highest BCUT2D eigenvalue weighted by Crippen LogP contribution is 2.42. The number of carbonyl (C=O) groups is 1. The van der Waals surface area contributed by atoms with Crippen molar-refractivity contribution >= 4 is 11.5 Å². The first-order chi connectivity index (χ1) is 11.3. The SMILES string of the molecule is O=C1OC2C(=C1c1ccccc1)CCCOC2c1ccccc1. The first-order valence-electron chi connectivity index (χ1n) is 8.00. The molecule has 3 nitrogen and oxygen atoms in total. The Morgan fingerprint density at radius 3 is 2.30 bits per heavy atom. The highest BCUT2D eigenvalue weighted by atomic mass is 16.6. The normalized spacial score (nSPS) is 24.1. The van der Waals surface area contributed by atoms with Crippen molar-refractivity contribution < 1.29 is 14.3 Å². The monoisotopic (exact) mass is 306 g/mol. The minimum atomic E-state index is -0.317. The zero-order valence-corrected chi connectivity index (χ0v) is 12.8. The zero-order chi connectivity index (χ0) is 15.6. The fourth-order valence-electron chi connectivity index (χ4n) is 3.41. The van der Waals surface area contributed by atoms with Gasteiger partial charge in [0.05, 0.1) is 5.57 Å². The van der Waals surface area contributed by atoms with Crippen LogP contribution in [0.1, 0.15) is 30.1 Å². The Bertz CT molecular complexity index is 734. The smallest absolute Gasteiger partial charge is 0.339 e. The van der Waals surface area contributed by atoms with Gasteiger partial charge in [0.2, 0.25) is 0 Å². The van der Waals surface area contributed by atoms with Crippen molar-refractivity contribution in [2.24, 2.45) is 0 Å². The molecule has 1 saturated heterocycles. The van der Waals surface area contributed by atoms with Gasteiger partial charge in [0.25, 0.3) is 0 Å². The van der Waals surface area contributed by atoms with E-state index in [1.165, 1.54) is 0 Å². The lowest BCUT2D eigenvalue weighted by Crippen LogP contribution is -2.22. The molecule has 2 aromatic rings. The summed E-state index contributed by atoms with van der Waals surface area (Å²) in [6.45, 7) is 0.680. The number of benzene rings is 2. The Kier molecular flexibility index (Phi) is 3.72. The fraction of sp³-hybridized carbons (Fsp3) is 0.250. The van der Waals surface area contributed by atoms with Crippen LogP contribution in [0, 0.1) is 0 Å². The first kappa shape index (κ1) is 14.2. The van der Waals surface area contributed by atoms with Crippen molar-refractivity contribution in [1.29, 1.82) is 0 Å². The molecule has 2 aromatic carbocycles. The van der Waals surface area contributed by atoms with Crippen molar-refractivity contribution in [2.75, 3.05) is 6.61 Å². The van der Waals surface area contributed by atoms with E-state index >= 15 is 0 Å². The molecule has 2 heterocycles. The molecule has 0 spiro atoms. The molecule has 0 bridgehead atoms. The Balaban J connectivity index is 1.79. The van der Waals surface area contributed by atoms with Crippen LogP contribution in [0.25, 0.3) is 5.57 Å². The van der Waals surface area contributed by atoms with Crippen LogP contribution in [-0.4, -0.2) is 18.7 Å². The van der Waals surface area contributed by atoms with Crippen molar-refractivity contribution in [3.63, 3.8) is 0 Å². The van der Waals surface area contributed by atoms with E-state index in [0.717, 1.165) is 35.1 Å². The Hall–Kier alpha value is -2.39. The second-order valence-corrected chi connectivity index (χ2v) is 5.90. The lowest BCUT2D eigenvalue weighted by atomic mass is 9.92. The van der Waals surface area contributed by atoms with Crippen LogP contribution >= 0.6 is 0 Å². The van der Waals surface area contributed by atoms with Gasteiger partial charge in [0.1, 0.15) is 6.10 Å². The van der Waals surface area contributed by atoms with Gasteiger partial charge in [-0.1, -0.05) is 60.7 Å². The average molecular weight is 306 g/mol. The molecule has 2 unspecified atom stereocenters. The van der Waals surface area contributed by atoms with Crippen molar-refractivity contribution in [3.8, 4) is 0 Å². The molecule has 2 aliphatic heterocycles. The largest absolute Gasteiger partial charge is 0.451 e. The summed E-state index contributed by atoms with van der Waals surface area (Å²) in [5.74, 6) is -0.234. The lowest BCUT2D eigenvalue weighted by Gasteiger charge is -2.22. The van der Waals surface area contributed by atoms with E-state index in [0.29, 0.717) is 6.61 Å². The molecule has 2 aliphatic rings. The Labute approximate surface area is 135 Å². The number of hydrogen-bond acceptors (Lipinski definition) is 3. The molecule has 0 N–H and O–H groups in total. The molecule has 0 aliphatic carbocycles. The van der Waals surface area contributed by atoms with Crippen molar-refractivity contribution in [3.05, 3.63) is 77.4 Å². The third-order valence-corrected chi connectivity index (χ3v) is 4.46. The third kappa shape index (κ3) is 2.57. The van der Waals surface area contributed by atoms with E-state index in [1.807, 2.05) is 60.7 Å². The molecular weight excluding hydrogens is 288 g/mol. The lowest BCUT2D eigenvalue weighted by molar-refractivity contribution is -0.144. The number of ether oxygens (including phenoxy) is 2. The van der Waals surface area contributed by atoms with Gasteiger partial charge in [0.15, 0.2) is 6.10 Å². The summed E-state index contributed by atoms with van der Waals surface area (Å²) in [6, 6.07) is 19.8. The topological polar surface area (TPSA) is 35.5 Å². The van der Waals surface area contributed by atoms with Crippen molar-refractivity contribution in [1.82, 2.24) is 0 Å². The zero-order valence-electron chi connectivity index (χ0n) is 12.8. The Morgan fingerprint density at radius 2 is 1.57 bits per heavy atom. The van der Waals surface area contributed by atoms with Gasteiger partial charge < -0.3 is 9.47 Å². The minimum absolute atomic E-state index is 0.223. The molecule has 23 heavy (non-hydrogen) atoms. The molecular formula is C20H18O3. The van der Waals surface area contributed by atoms with E-state index in [2.05, 4.69) is 0 Å². The van der Waals surface area contributed by atoms with Gasteiger partial charge >= 0.3 is 5.97 Å². The summed E-state index contributed by atoms with van der Waals surface area (Å²) >= 11 is 0. The quantitative estimate of drug-likeness (QED) is 0.789. The van der Waals surface area contributed by atoms with Crippen LogP contribution in [0.4, 0.5) is 0 Å².